The molecule has 0 fully saturated rings. The third-order valence-electron chi connectivity index (χ3n) is 3.47. The highest BCUT2D eigenvalue weighted by atomic mass is 79.9. The maximum absolute atomic E-state index is 12.3. The highest BCUT2D eigenvalue weighted by Gasteiger charge is 2.17. The fourth-order valence-electron chi connectivity index (χ4n) is 2.19. The fraction of sp³-hybridized carbons (Fsp3) is 0.278. The van der Waals surface area contributed by atoms with Crippen molar-refractivity contribution >= 4 is 39.1 Å². The summed E-state index contributed by atoms with van der Waals surface area (Å²) in [4.78, 5) is 12.3. The molecule has 0 bridgehead atoms. The fourth-order valence-corrected chi connectivity index (χ4v) is 2.89. The number of nitrogens with one attached hydrogen (secondary N) is 1. The quantitative estimate of drug-likeness (QED) is 0.748. The van der Waals surface area contributed by atoms with Gasteiger partial charge in [-0.3, -0.25) is 4.79 Å². The molecule has 5 heteroatoms. The first-order chi connectivity index (χ1) is 10.8. The van der Waals surface area contributed by atoms with Crippen LogP contribution in [0.1, 0.15) is 23.6 Å². The molecule has 122 valence electrons. The van der Waals surface area contributed by atoms with Gasteiger partial charge < -0.3 is 10.1 Å². The van der Waals surface area contributed by atoms with Crippen molar-refractivity contribution in [1.29, 1.82) is 0 Å². The molecule has 1 unspecified atom stereocenters. The predicted octanol–water partition coefficient (Wildman–Crippen LogP) is 5.43. The Bertz CT molecular complexity index is 723. The summed E-state index contributed by atoms with van der Waals surface area (Å²) in [5.74, 6) is 0.426. The number of carbonyl (C=O) groups excluding carboxylic acids is 1. The lowest BCUT2D eigenvalue weighted by molar-refractivity contribution is -0.122. The average molecular weight is 397 g/mol. The Morgan fingerprint density at radius 3 is 2.35 bits per heavy atom. The third-order valence-corrected chi connectivity index (χ3v) is 4.73. The molecule has 1 atom stereocenters. The molecule has 2 rings (SSSR count). The zero-order chi connectivity index (χ0) is 17.1. The lowest BCUT2D eigenvalue weighted by Crippen LogP contribution is -2.30. The SMILES string of the molecule is Cc1ccc(NC(=O)C(C)Oc2cc(C)c(Cl)c(C)c2)c(Br)c1. The van der Waals surface area contributed by atoms with Crippen LogP contribution in [0.4, 0.5) is 5.69 Å². The van der Waals surface area contributed by atoms with Crippen molar-refractivity contribution in [2.24, 2.45) is 0 Å². The first-order valence-electron chi connectivity index (χ1n) is 7.28. The van der Waals surface area contributed by atoms with Gasteiger partial charge in [0.1, 0.15) is 5.75 Å². The molecule has 23 heavy (non-hydrogen) atoms. The molecule has 0 aromatic heterocycles. The molecule has 0 heterocycles. The molecule has 3 nitrogen and oxygen atoms in total. The van der Waals surface area contributed by atoms with Gasteiger partial charge in [-0.1, -0.05) is 17.7 Å². The number of hydrogen-bond acceptors (Lipinski definition) is 2. The summed E-state index contributed by atoms with van der Waals surface area (Å²) in [5.41, 5.74) is 3.69. The molecule has 2 aromatic carbocycles. The van der Waals surface area contributed by atoms with Crippen LogP contribution in [0.2, 0.25) is 5.02 Å². The molecule has 0 aliphatic heterocycles. The zero-order valence-electron chi connectivity index (χ0n) is 13.5. The van der Waals surface area contributed by atoms with Crippen molar-refractivity contribution < 1.29 is 9.53 Å². The first-order valence-corrected chi connectivity index (χ1v) is 8.45. The van der Waals surface area contributed by atoms with Gasteiger partial charge in [0.25, 0.3) is 5.91 Å². The number of amides is 1. The second-order valence-electron chi connectivity index (χ2n) is 5.60. The van der Waals surface area contributed by atoms with Gasteiger partial charge in [-0.05, 0) is 84.6 Å². The molecule has 0 radical (unpaired) electrons. The lowest BCUT2D eigenvalue weighted by atomic mass is 10.1. The molecule has 0 spiro atoms. The maximum Gasteiger partial charge on any atom is 0.265 e. The van der Waals surface area contributed by atoms with Gasteiger partial charge >= 0.3 is 0 Å². The Kier molecular flexibility index (Phi) is 5.71. The van der Waals surface area contributed by atoms with E-state index in [0.29, 0.717) is 5.75 Å². The van der Waals surface area contributed by atoms with Crippen LogP contribution in [-0.4, -0.2) is 12.0 Å². The summed E-state index contributed by atoms with van der Waals surface area (Å²) in [6.07, 6.45) is -0.622. The van der Waals surface area contributed by atoms with E-state index >= 15 is 0 Å². The first kappa shape index (κ1) is 17.8. The molecule has 0 saturated heterocycles. The van der Waals surface area contributed by atoms with E-state index in [1.165, 1.54) is 0 Å². The van der Waals surface area contributed by atoms with Crippen LogP contribution in [0.3, 0.4) is 0 Å². The molecule has 1 amide bonds. The Labute approximate surface area is 150 Å². The molecule has 2 aromatic rings. The van der Waals surface area contributed by atoms with Crippen LogP contribution < -0.4 is 10.1 Å². The topological polar surface area (TPSA) is 38.3 Å². The van der Waals surface area contributed by atoms with Crippen molar-refractivity contribution in [2.75, 3.05) is 5.32 Å². The standard InChI is InChI=1S/C18H19BrClNO2/c1-10-5-6-16(15(19)7-10)21-18(22)13(4)23-14-8-11(2)17(20)12(3)9-14/h5-9,13H,1-4H3,(H,21,22). The number of ether oxygens (including phenoxy) is 1. The molecular weight excluding hydrogens is 378 g/mol. The largest absolute Gasteiger partial charge is 0.481 e. The summed E-state index contributed by atoms with van der Waals surface area (Å²) < 4.78 is 6.59. The molecule has 1 N–H and O–H groups in total. The third kappa shape index (κ3) is 4.49. The van der Waals surface area contributed by atoms with E-state index < -0.39 is 6.10 Å². The molecular formula is C18H19BrClNO2. The van der Waals surface area contributed by atoms with E-state index in [4.69, 9.17) is 16.3 Å². The van der Waals surface area contributed by atoms with E-state index in [2.05, 4.69) is 21.2 Å². The average Bonchev–Trinajstić information content (AvgIpc) is 2.47. The number of carbonyl (C=O) groups is 1. The van der Waals surface area contributed by atoms with Crippen LogP contribution in [0, 0.1) is 20.8 Å². The summed E-state index contributed by atoms with van der Waals surface area (Å²) in [5, 5.41) is 3.58. The summed E-state index contributed by atoms with van der Waals surface area (Å²) in [6.45, 7) is 7.54. The Morgan fingerprint density at radius 2 is 1.78 bits per heavy atom. The normalized spacial score (nSPS) is 11.9. The minimum absolute atomic E-state index is 0.209. The van der Waals surface area contributed by atoms with Crippen LogP contribution in [0.15, 0.2) is 34.8 Å². The van der Waals surface area contributed by atoms with Crippen LogP contribution in [-0.2, 0) is 4.79 Å². The van der Waals surface area contributed by atoms with Crippen molar-refractivity contribution in [3.63, 3.8) is 0 Å². The van der Waals surface area contributed by atoms with E-state index in [1.54, 1.807) is 6.92 Å². The smallest absolute Gasteiger partial charge is 0.265 e. The van der Waals surface area contributed by atoms with Crippen LogP contribution in [0.5, 0.6) is 5.75 Å². The Hall–Kier alpha value is -1.52. The minimum atomic E-state index is -0.622. The van der Waals surface area contributed by atoms with Crippen LogP contribution >= 0.6 is 27.5 Å². The van der Waals surface area contributed by atoms with Gasteiger partial charge in [-0.15, -0.1) is 0 Å². The van der Waals surface area contributed by atoms with Gasteiger partial charge in [0, 0.05) is 9.50 Å². The van der Waals surface area contributed by atoms with Gasteiger partial charge in [0.05, 0.1) is 5.69 Å². The number of aryl methyl sites for hydroxylation is 3. The van der Waals surface area contributed by atoms with E-state index in [-0.39, 0.29) is 5.91 Å². The zero-order valence-corrected chi connectivity index (χ0v) is 15.9. The number of rotatable bonds is 4. The van der Waals surface area contributed by atoms with E-state index in [9.17, 15) is 4.79 Å². The maximum atomic E-state index is 12.3. The number of halogens is 2. The molecule has 0 aliphatic carbocycles. The summed E-state index contributed by atoms with van der Waals surface area (Å²) in [6, 6.07) is 9.42. The monoisotopic (exact) mass is 395 g/mol. The van der Waals surface area contributed by atoms with Crippen molar-refractivity contribution in [2.45, 2.75) is 33.8 Å². The van der Waals surface area contributed by atoms with Crippen molar-refractivity contribution in [1.82, 2.24) is 0 Å². The van der Waals surface area contributed by atoms with Gasteiger partial charge in [0.15, 0.2) is 6.10 Å². The van der Waals surface area contributed by atoms with Gasteiger partial charge in [-0.2, -0.15) is 0 Å². The summed E-state index contributed by atoms with van der Waals surface area (Å²) in [7, 11) is 0. The van der Waals surface area contributed by atoms with E-state index in [0.717, 1.165) is 31.9 Å². The van der Waals surface area contributed by atoms with Gasteiger partial charge in [0.2, 0.25) is 0 Å². The highest BCUT2D eigenvalue weighted by Crippen LogP contribution is 2.27. The number of hydrogen-bond donors (Lipinski definition) is 1. The minimum Gasteiger partial charge on any atom is -0.481 e. The highest BCUT2D eigenvalue weighted by molar-refractivity contribution is 9.10. The molecule has 0 aliphatic rings. The predicted molar refractivity (Wildman–Crippen MR) is 98.5 cm³/mol. The van der Waals surface area contributed by atoms with Gasteiger partial charge in [-0.25, -0.2) is 0 Å². The summed E-state index contributed by atoms with van der Waals surface area (Å²) >= 11 is 9.59. The van der Waals surface area contributed by atoms with Crippen molar-refractivity contribution in [3.8, 4) is 5.75 Å². The molecule has 0 saturated carbocycles. The van der Waals surface area contributed by atoms with Crippen molar-refractivity contribution in [3.05, 3.63) is 56.5 Å². The number of benzene rings is 2. The van der Waals surface area contributed by atoms with E-state index in [1.807, 2.05) is 51.1 Å². The Morgan fingerprint density at radius 1 is 1.17 bits per heavy atom. The lowest BCUT2D eigenvalue weighted by Gasteiger charge is -2.17. The Balaban J connectivity index is 2.08. The second kappa shape index (κ2) is 7.37. The van der Waals surface area contributed by atoms with Crippen LogP contribution in [0.25, 0.3) is 0 Å². The number of anilines is 1. The second-order valence-corrected chi connectivity index (χ2v) is 6.84.